The molecule has 0 amide bonds. The average Bonchev–Trinajstić information content (AvgIpc) is 2.21. The van der Waals surface area contributed by atoms with E-state index in [0.29, 0.717) is 15.2 Å². The Morgan fingerprint density at radius 2 is 1.77 bits per heavy atom. The molecule has 70 valence electrons. The monoisotopic (exact) mass is 243 g/mol. The van der Waals surface area contributed by atoms with Crippen molar-refractivity contribution in [3.05, 3.63) is 30.3 Å². The van der Waals surface area contributed by atoms with E-state index in [1.54, 1.807) is 0 Å². The fourth-order valence-corrected chi connectivity index (χ4v) is 3.17. The van der Waals surface area contributed by atoms with Gasteiger partial charge in [0.25, 0.3) is 0 Å². The molecule has 1 heterocycles. The number of nitrogens with zero attached hydrogens (tertiary/aromatic N) is 1. The van der Waals surface area contributed by atoms with E-state index >= 15 is 0 Å². The van der Waals surface area contributed by atoms with Crippen molar-refractivity contribution in [3.8, 4) is 0 Å². The molecular formula is C10H13NOSe. The Morgan fingerprint density at radius 1 is 1.08 bits per heavy atom. The van der Waals surface area contributed by atoms with Crippen LogP contribution in [-0.4, -0.2) is 45.4 Å². The first kappa shape index (κ1) is 9.22. The number of benzene rings is 1. The van der Waals surface area contributed by atoms with Crippen molar-refractivity contribution in [2.75, 3.05) is 26.3 Å². The molecule has 0 saturated carbocycles. The van der Waals surface area contributed by atoms with Crippen molar-refractivity contribution in [2.24, 2.45) is 0 Å². The predicted molar refractivity (Wildman–Crippen MR) is 54.2 cm³/mol. The first-order chi connectivity index (χ1) is 6.45. The second-order valence-electron chi connectivity index (χ2n) is 2.95. The third-order valence-electron chi connectivity index (χ3n) is 1.95. The summed E-state index contributed by atoms with van der Waals surface area (Å²) in [6.07, 6.45) is 0. The van der Waals surface area contributed by atoms with Gasteiger partial charge in [-0.25, -0.2) is 0 Å². The Balaban J connectivity index is 1.90. The fraction of sp³-hybridized carbons (Fsp3) is 0.400. The zero-order valence-corrected chi connectivity index (χ0v) is 9.19. The van der Waals surface area contributed by atoms with Gasteiger partial charge in [-0.15, -0.1) is 0 Å². The Labute approximate surface area is 85.3 Å². The van der Waals surface area contributed by atoms with Gasteiger partial charge in [0.15, 0.2) is 0 Å². The third kappa shape index (κ3) is 2.81. The van der Waals surface area contributed by atoms with Crippen LogP contribution in [0.1, 0.15) is 0 Å². The Kier molecular flexibility index (Phi) is 3.39. The van der Waals surface area contributed by atoms with Gasteiger partial charge in [-0.2, -0.15) is 0 Å². The molecule has 1 aliphatic heterocycles. The van der Waals surface area contributed by atoms with Gasteiger partial charge < -0.3 is 0 Å². The van der Waals surface area contributed by atoms with E-state index in [1.165, 1.54) is 4.46 Å². The Morgan fingerprint density at radius 3 is 2.46 bits per heavy atom. The first-order valence-electron chi connectivity index (χ1n) is 4.51. The molecule has 1 aliphatic rings. The summed E-state index contributed by atoms with van der Waals surface area (Å²) in [5.74, 6) is 0. The molecule has 0 atom stereocenters. The molecule has 1 aromatic rings. The zero-order valence-electron chi connectivity index (χ0n) is 7.48. The van der Waals surface area contributed by atoms with Crippen LogP contribution < -0.4 is 4.46 Å². The summed E-state index contributed by atoms with van der Waals surface area (Å²) in [5.41, 5.74) is 0. The summed E-state index contributed by atoms with van der Waals surface area (Å²) in [6.45, 7) is 3.98. The van der Waals surface area contributed by atoms with Gasteiger partial charge in [-0.1, -0.05) is 0 Å². The summed E-state index contributed by atoms with van der Waals surface area (Å²) in [4.78, 5) is 0. The van der Waals surface area contributed by atoms with Crippen LogP contribution in [0.2, 0.25) is 0 Å². The van der Waals surface area contributed by atoms with Crippen LogP contribution in [0.3, 0.4) is 0 Å². The summed E-state index contributed by atoms with van der Waals surface area (Å²) >= 11 is 0.491. The van der Waals surface area contributed by atoms with Crippen molar-refractivity contribution >= 4 is 19.6 Å². The van der Waals surface area contributed by atoms with Crippen LogP contribution in [0.25, 0.3) is 0 Å². The standard InChI is InChI=1S/C10H13NOSe/c1-2-4-10(5-3-1)13-11-6-8-12-9-7-11/h1-5H,6-9H2. The van der Waals surface area contributed by atoms with Crippen molar-refractivity contribution < 1.29 is 4.74 Å². The number of ether oxygens (including phenoxy) is 1. The number of morpholine rings is 1. The molecular weight excluding hydrogens is 229 g/mol. The molecule has 0 radical (unpaired) electrons. The average molecular weight is 242 g/mol. The van der Waals surface area contributed by atoms with E-state index in [-0.39, 0.29) is 0 Å². The van der Waals surface area contributed by atoms with Crippen molar-refractivity contribution in [3.63, 3.8) is 0 Å². The van der Waals surface area contributed by atoms with Crippen LogP contribution in [-0.2, 0) is 4.74 Å². The summed E-state index contributed by atoms with van der Waals surface area (Å²) in [7, 11) is 0. The van der Waals surface area contributed by atoms with E-state index in [1.807, 2.05) is 0 Å². The van der Waals surface area contributed by atoms with E-state index in [0.717, 1.165) is 26.3 Å². The number of hydrogen-bond acceptors (Lipinski definition) is 2. The van der Waals surface area contributed by atoms with E-state index < -0.39 is 0 Å². The molecule has 0 N–H and O–H groups in total. The minimum atomic E-state index is 0.491. The molecule has 0 aromatic heterocycles. The van der Waals surface area contributed by atoms with E-state index in [2.05, 4.69) is 34.2 Å². The maximum atomic E-state index is 5.31. The van der Waals surface area contributed by atoms with Crippen LogP contribution in [0.15, 0.2) is 30.3 Å². The topological polar surface area (TPSA) is 12.5 Å². The molecule has 1 aromatic carbocycles. The third-order valence-corrected chi connectivity index (χ3v) is 4.27. The van der Waals surface area contributed by atoms with E-state index in [9.17, 15) is 0 Å². The predicted octanol–water partition coefficient (Wildman–Crippen LogP) is 0.263. The van der Waals surface area contributed by atoms with Crippen molar-refractivity contribution in [1.82, 2.24) is 3.92 Å². The van der Waals surface area contributed by atoms with Crippen LogP contribution in [0, 0.1) is 0 Å². The van der Waals surface area contributed by atoms with Gasteiger partial charge in [0.2, 0.25) is 0 Å². The van der Waals surface area contributed by atoms with Gasteiger partial charge >= 0.3 is 84.9 Å². The Hall–Kier alpha value is -0.341. The van der Waals surface area contributed by atoms with Gasteiger partial charge in [0, 0.05) is 0 Å². The summed E-state index contributed by atoms with van der Waals surface area (Å²) in [6, 6.07) is 10.7. The SMILES string of the molecule is c1ccc([Se]N2CCOCC2)cc1. The number of hydrogen-bond donors (Lipinski definition) is 0. The molecule has 0 aliphatic carbocycles. The molecule has 0 unspecified atom stereocenters. The van der Waals surface area contributed by atoms with Crippen LogP contribution in [0.4, 0.5) is 0 Å². The fourth-order valence-electron chi connectivity index (χ4n) is 1.27. The van der Waals surface area contributed by atoms with Gasteiger partial charge in [-0.05, 0) is 0 Å². The van der Waals surface area contributed by atoms with Crippen molar-refractivity contribution in [1.29, 1.82) is 0 Å². The van der Waals surface area contributed by atoms with Gasteiger partial charge in [-0.3, -0.25) is 0 Å². The normalized spacial score (nSPS) is 18.8. The molecule has 0 spiro atoms. The molecule has 13 heavy (non-hydrogen) atoms. The quantitative estimate of drug-likeness (QED) is 0.690. The van der Waals surface area contributed by atoms with Gasteiger partial charge in [0.05, 0.1) is 0 Å². The molecule has 3 heteroatoms. The zero-order chi connectivity index (χ0) is 8.93. The Bertz CT molecular complexity index is 246. The first-order valence-corrected chi connectivity index (χ1v) is 6.13. The van der Waals surface area contributed by atoms with E-state index in [4.69, 9.17) is 4.74 Å². The second kappa shape index (κ2) is 4.77. The second-order valence-corrected chi connectivity index (χ2v) is 5.40. The minimum absolute atomic E-state index is 0.491. The molecule has 1 fully saturated rings. The summed E-state index contributed by atoms with van der Waals surface area (Å²) in [5, 5.41) is 0. The van der Waals surface area contributed by atoms with Crippen LogP contribution >= 0.6 is 0 Å². The molecule has 2 rings (SSSR count). The maximum absolute atomic E-state index is 5.31. The van der Waals surface area contributed by atoms with Crippen LogP contribution in [0.5, 0.6) is 0 Å². The molecule has 2 nitrogen and oxygen atoms in total. The van der Waals surface area contributed by atoms with Crippen molar-refractivity contribution in [2.45, 2.75) is 0 Å². The molecule has 0 bridgehead atoms. The van der Waals surface area contributed by atoms with Gasteiger partial charge in [0.1, 0.15) is 0 Å². The molecule has 1 saturated heterocycles. The number of rotatable bonds is 2. The summed E-state index contributed by atoms with van der Waals surface area (Å²) < 4.78 is 9.25.